The lowest BCUT2D eigenvalue weighted by Crippen LogP contribution is -2.41. The fourth-order valence-corrected chi connectivity index (χ4v) is 1.99. The molecule has 78 valence electrons. The van der Waals surface area contributed by atoms with Gasteiger partial charge in [0.25, 0.3) is 0 Å². The van der Waals surface area contributed by atoms with Crippen molar-refractivity contribution in [2.45, 2.75) is 44.4 Å². The summed E-state index contributed by atoms with van der Waals surface area (Å²) < 4.78 is 5.22. The molecule has 3 heteroatoms. The van der Waals surface area contributed by atoms with Crippen LogP contribution in [0.15, 0.2) is 22.8 Å². The average molecular weight is 195 g/mol. The fourth-order valence-electron chi connectivity index (χ4n) is 1.99. The van der Waals surface area contributed by atoms with E-state index in [1.54, 1.807) is 6.26 Å². The molecule has 1 aliphatic carbocycles. The Morgan fingerprint density at radius 3 is 3.00 bits per heavy atom. The minimum Gasteiger partial charge on any atom is -0.468 e. The smallest absolute Gasteiger partial charge is 0.117 e. The average Bonchev–Trinajstić information content (AvgIpc) is 2.69. The second-order valence-electron chi connectivity index (χ2n) is 3.92. The van der Waals surface area contributed by atoms with Crippen molar-refractivity contribution < 1.29 is 9.52 Å². The van der Waals surface area contributed by atoms with Crippen molar-refractivity contribution in [2.75, 3.05) is 0 Å². The van der Waals surface area contributed by atoms with Crippen LogP contribution < -0.4 is 5.32 Å². The number of nitrogens with one attached hydrogen (secondary N) is 1. The zero-order valence-electron chi connectivity index (χ0n) is 8.28. The van der Waals surface area contributed by atoms with Gasteiger partial charge in [0, 0.05) is 6.04 Å². The molecule has 3 nitrogen and oxygen atoms in total. The summed E-state index contributed by atoms with van der Waals surface area (Å²) in [7, 11) is 0. The third kappa shape index (κ3) is 2.36. The Hall–Kier alpha value is -0.800. The summed E-state index contributed by atoms with van der Waals surface area (Å²) in [6.07, 6.45) is 5.86. The van der Waals surface area contributed by atoms with Gasteiger partial charge >= 0.3 is 0 Å². The molecule has 2 rings (SSSR count). The van der Waals surface area contributed by atoms with Crippen LogP contribution in [0.25, 0.3) is 0 Å². The molecule has 0 radical (unpaired) electrons. The molecule has 1 heterocycles. The normalized spacial score (nSPS) is 27.8. The number of aliphatic hydroxyl groups excluding tert-OH is 1. The fraction of sp³-hybridized carbons (Fsp3) is 0.636. The van der Waals surface area contributed by atoms with E-state index in [2.05, 4.69) is 5.32 Å². The molecule has 2 atom stereocenters. The Morgan fingerprint density at radius 1 is 1.43 bits per heavy atom. The highest BCUT2D eigenvalue weighted by atomic mass is 16.3. The van der Waals surface area contributed by atoms with Gasteiger partial charge < -0.3 is 14.8 Å². The van der Waals surface area contributed by atoms with Gasteiger partial charge in [0.1, 0.15) is 5.76 Å². The summed E-state index contributed by atoms with van der Waals surface area (Å²) in [5.41, 5.74) is 0. The molecular weight excluding hydrogens is 178 g/mol. The van der Waals surface area contributed by atoms with Crippen molar-refractivity contribution in [3.05, 3.63) is 24.2 Å². The zero-order chi connectivity index (χ0) is 9.80. The van der Waals surface area contributed by atoms with Crippen LogP contribution in [0.3, 0.4) is 0 Å². The molecule has 0 aromatic carbocycles. The lowest BCUT2D eigenvalue weighted by Gasteiger charge is -2.28. The minimum absolute atomic E-state index is 0.182. The van der Waals surface area contributed by atoms with Crippen molar-refractivity contribution in [1.29, 1.82) is 0 Å². The van der Waals surface area contributed by atoms with E-state index in [0.29, 0.717) is 6.54 Å². The van der Waals surface area contributed by atoms with Crippen molar-refractivity contribution in [3.8, 4) is 0 Å². The second kappa shape index (κ2) is 4.62. The topological polar surface area (TPSA) is 45.4 Å². The summed E-state index contributed by atoms with van der Waals surface area (Å²) in [5, 5.41) is 13.0. The molecule has 1 fully saturated rings. The van der Waals surface area contributed by atoms with E-state index in [1.165, 1.54) is 6.42 Å². The van der Waals surface area contributed by atoms with Crippen LogP contribution in [0.5, 0.6) is 0 Å². The van der Waals surface area contributed by atoms with Crippen LogP contribution >= 0.6 is 0 Å². The molecule has 1 aromatic heterocycles. The summed E-state index contributed by atoms with van der Waals surface area (Å²) in [5.74, 6) is 0.933. The quantitative estimate of drug-likeness (QED) is 0.771. The van der Waals surface area contributed by atoms with Gasteiger partial charge in [0.05, 0.1) is 18.9 Å². The Morgan fingerprint density at radius 2 is 2.29 bits per heavy atom. The zero-order valence-corrected chi connectivity index (χ0v) is 8.28. The summed E-state index contributed by atoms with van der Waals surface area (Å²) in [6.45, 7) is 0.717. The van der Waals surface area contributed by atoms with Crippen molar-refractivity contribution >= 4 is 0 Å². The molecular formula is C11H17NO2. The molecule has 14 heavy (non-hydrogen) atoms. The van der Waals surface area contributed by atoms with Crippen LogP contribution in [-0.2, 0) is 6.54 Å². The van der Waals surface area contributed by atoms with Gasteiger partial charge in [-0.3, -0.25) is 0 Å². The predicted octanol–water partition coefficient (Wildman–Crippen LogP) is 1.67. The van der Waals surface area contributed by atoms with E-state index < -0.39 is 0 Å². The van der Waals surface area contributed by atoms with E-state index >= 15 is 0 Å². The summed E-state index contributed by atoms with van der Waals surface area (Å²) in [6, 6.07) is 4.07. The Kier molecular flexibility index (Phi) is 3.22. The standard InChI is InChI=1S/C11H17NO2/c13-11-6-2-1-5-10(11)12-8-9-4-3-7-14-9/h3-4,7,10-13H,1-2,5-6,8H2/t10-,11-/m1/s1. The van der Waals surface area contributed by atoms with Crippen LogP contribution in [0, 0.1) is 0 Å². The molecule has 0 aliphatic heterocycles. The first-order chi connectivity index (χ1) is 6.86. The first-order valence-electron chi connectivity index (χ1n) is 5.30. The number of furan rings is 1. The Bertz CT molecular complexity index is 258. The van der Waals surface area contributed by atoms with Crippen LogP contribution in [0.1, 0.15) is 31.4 Å². The maximum absolute atomic E-state index is 9.70. The number of rotatable bonds is 3. The highest BCUT2D eigenvalue weighted by Gasteiger charge is 2.22. The number of hydrogen-bond donors (Lipinski definition) is 2. The van der Waals surface area contributed by atoms with Crippen LogP contribution in [0.2, 0.25) is 0 Å². The lowest BCUT2D eigenvalue weighted by atomic mass is 9.92. The first-order valence-corrected chi connectivity index (χ1v) is 5.30. The monoisotopic (exact) mass is 195 g/mol. The molecule has 1 saturated carbocycles. The molecule has 0 unspecified atom stereocenters. The second-order valence-corrected chi connectivity index (χ2v) is 3.92. The first kappa shape index (κ1) is 9.74. The van der Waals surface area contributed by atoms with E-state index in [1.807, 2.05) is 12.1 Å². The van der Waals surface area contributed by atoms with Crippen LogP contribution in [-0.4, -0.2) is 17.3 Å². The van der Waals surface area contributed by atoms with Gasteiger partial charge in [-0.25, -0.2) is 0 Å². The maximum Gasteiger partial charge on any atom is 0.117 e. The molecule has 0 amide bonds. The minimum atomic E-state index is -0.182. The highest BCUT2D eigenvalue weighted by molar-refractivity contribution is 4.98. The Labute approximate surface area is 84.1 Å². The molecule has 0 spiro atoms. The molecule has 0 bridgehead atoms. The van der Waals surface area contributed by atoms with Gasteiger partial charge in [-0.2, -0.15) is 0 Å². The number of hydrogen-bond acceptors (Lipinski definition) is 3. The van der Waals surface area contributed by atoms with Crippen LogP contribution in [0.4, 0.5) is 0 Å². The van der Waals surface area contributed by atoms with Crippen molar-refractivity contribution in [2.24, 2.45) is 0 Å². The SMILES string of the molecule is O[C@@H]1CCCC[C@H]1NCc1ccco1. The van der Waals surface area contributed by atoms with E-state index in [-0.39, 0.29) is 12.1 Å². The third-order valence-electron chi connectivity index (χ3n) is 2.85. The lowest BCUT2D eigenvalue weighted by molar-refractivity contribution is 0.0893. The van der Waals surface area contributed by atoms with Gasteiger partial charge in [-0.1, -0.05) is 12.8 Å². The van der Waals surface area contributed by atoms with Gasteiger partial charge in [0.2, 0.25) is 0 Å². The Balaban J connectivity index is 1.79. The van der Waals surface area contributed by atoms with Crippen molar-refractivity contribution in [1.82, 2.24) is 5.32 Å². The van der Waals surface area contributed by atoms with E-state index in [9.17, 15) is 5.11 Å². The molecule has 1 aromatic rings. The van der Waals surface area contributed by atoms with E-state index in [4.69, 9.17) is 4.42 Å². The van der Waals surface area contributed by atoms with Gasteiger partial charge in [-0.05, 0) is 25.0 Å². The molecule has 0 saturated heterocycles. The van der Waals surface area contributed by atoms with Crippen molar-refractivity contribution in [3.63, 3.8) is 0 Å². The summed E-state index contributed by atoms with van der Waals surface area (Å²) >= 11 is 0. The summed E-state index contributed by atoms with van der Waals surface area (Å²) in [4.78, 5) is 0. The highest BCUT2D eigenvalue weighted by Crippen LogP contribution is 2.18. The largest absolute Gasteiger partial charge is 0.468 e. The predicted molar refractivity (Wildman–Crippen MR) is 53.8 cm³/mol. The van der Waals surface area contributed by atoms with E-state index in [0.717, 1.165) is 25.0 Å². The molecule has 2 N–H and O–H groups in total. The third-order valence-corrected chi connectivity index (χ3v) is 2.85. The number of aliphatic hydroxyl groups is 1. The maximum atomic E-state index is 9.70. The van der Waals surface area contributed by atoms with Gasteiger partial charge in [0.15, 0.2) is 0 Å². The molecule has 1 aliphatic rings. The van der Waals surface area contributed by atoms with Gasteiger partial charge in [-0.15, -0.1) is 0 Å².